The van der Waals surface area contributed by atoms with Crippen molar-refractivity contribution in [3.8, 4) is 0 Å². The quantitative estimate of drug-likeness (QED) is 0.775. The van der Waals surface area contributed by atoms with Crippen molar-refractivity contribution in [2.45, 2.75) is 19.4 Å². The summed E-state index contributed by atoms with van der Waals surface area (Å²) in [5, 5.41) is 9.25. The number of imide groups is 1. The van der Waals surface area contributed by atoms with E-state index < -0.39 is 10.6 Å². The predicted octanol–water partition coefficient (Wildman–Crippen LogP) is 2.00. The number of rotatable bonds is 2. The third kappa shape index (κ3) is 1.72. The molecule has 1 aliphatic heterocycles. The van der Waals surface area contributed by atoms with Crippen LogP contribution in [-0.2, 0) is 11.3 Å². The summed E-state index contributed by atoms with van der Waals surface area (Å²) in [5.74, 6) is -0.184. The highest BCUT2D eigenvalue weighted by Crippen LogP contribution is 2.25. The summed E-state index contributed by atoms with van der Waals surface area (Å²) in [6.07, 6.45) is 0.00301. The van der Waals surface area contributed by atoms with Gasteiger partial charge >= 0.3 is 12.0 Å². The highest BCUT2D eigenvalue weighted by atomic mass is 16.4. The van der Waals surface area contributed by atoms with Crippen LogP contribution < -0.4 is 0 Å². The van der Waals surface area contributed by atoms with Crippen molar-refractivity contribution in [2.75, 3.05) is 6.54 Å². The summed E-state index contributed by atoms with van der Waals surface area (Å²) >= 11 is 0. The minimum atomic E-state index is -1.04. The van der Waals surface area contributed by atoms with E-state index in [2.05, 4.69) is 0 Å². The molecule has 2 amide bonds. The highest BCUT2D eigenvalue weighted by molar-refractivity contribution is 5.81. The Bertz CT molecular complexity index is 416. The van der Waals surface area contributed by atoms with E-state index in [1.165, 1.54) is 0 Å². The molecule has 1 aromatic rings. The molecule has 1 N–H and O–H groups in total. The van der Waals surface area contributed by atoms with Crippen molar-refractivity contribution < 1.29 is 19.2 Å². The van der Waals surface area contributed by atoms with E-state index in [0.29, 0.717) is 19.4 Å². The number of amides is 2. The van der Waals surface area contributed by atoms with Gasteiger partial charge in [-0.2, -0.15) is 9.28 Å². The third-order valence-corrected chi connectivity index (χ3v) is 3.07. The van der Waals surface area contributed by atoms with Gasteiger partial charge in [0.2, 0.25) is 0 Å². The molecule has 0 radical (unpaired) electrons. The number of benzene rings is 1. The lowest BCUT2D eigenvalue weighted by Gasteiger charge is -2.24. The molecule has 4 heteroatoms. The molecule has 1 unspecified atom stereocenters. The minimum absolute atomic E-state index is 0.184. The van der Waals surface area contributed by atoms with Crippen LogP contribution >= 0.6 is 0 Å². The van der Waals surface area contributed by atoms with E-state index >= 15 is 0 Å². The zero-order valence-electron chi connectivity index (χ0n) is 8.93. The van der Waals surface area contributed by atoms with Gasteiger partial charge in [0.15, 0.2) is 0 Å². The molecule has 1 heterocycles. The monoisotopic (exact) mass is 220 g/mol. The molecule has 0 spiro atoms. The first-order chi connectivity index (χ1) is 7.65. The first kappa shape index (κ1) is 10.8. The fourth-order valence-electron chi connectivity index (χ4n) is 2.17. The first-order valence-electron chi connectivity index (χ1n) is 5.33. The maximum Gasteiger partial charge on any atom is 0.521 e. The van der Waals surface area contributed by atoms with Crippen LogP contribution in [-0.4, -0.2) is 28.1 Å². The van der Waals surface area contributed by atoms with E-state index in [1.54, 1.807) is 0 Å². The second kappa shape index (κ2) is 4.06. The molecule has 1 saturated heterocycles. The summed E-state index contributed by atoms with van der Waals surface area (Å²) in [5.41, 5.74) is 0.889. The fourth-order valence-corrected chi connectivity index (χ4v) is 2.17. The highest BCUT2D eigenvalue weighted by Gasteiger charge is 2.48. The van der Waals surface area contributed by atoms with Gasteiger partial charge in [0, 0.05) is 12.0 Å². The van der Waals surface area contributed by atoms with Gasteiger partial charge in [-0.15, -0.1) is 0 Å². The van der Waals surface area contributed by atoms with E-state index in [1.807, 2.05) is 30.3 Å². The zero-order chi connectivity index (χ0) is 11.6. The molecule has 4 nitrogen and oxygen atoms in total. The predicted molar refractivity (Wildman–Crippen MR) is 57.5 cm³/mol. The number of carbonyl (C=O) groups excluding carboxylic acids is 1. The maximum absolute atomic E-state index is 11.7. The Balaban J connectivity index is 2.29. The standard InChI is InChI=1S/C12H13NO3/c14-11-7-4-8-13(11,12(15)16)9-10-5-2-1-3-6-10/h1-3,5-6H,4,7-9H2/p+1. The summed E-state index contributed by atoms with van der Waals surface area (Å²) in [4.78, 5) is 23.0. The van der Waals surface area contributed by atoms with E-state index in [4.69, 9.17) is 0 Å². The molecular weight excluding hydrogens is 206 g/mol. The average Bonchev–Trinajstić information content (AvgIpc) is 2.63. The van der Waals surface area contributed by atoms with Crippen molar-refractivity contribution in [3.63, 3.8) is 0 Å². The Labute approximate surface area is 93.7 Å². The number of likely N-dealkylation sites (tertiary alicyclic amines) is 1. The van der Waals surface area contributed by atoms with Crippen LogP contribution in [0, 0.1) is 0 Å². The van der Waals surface area contributed by atoms with Crippen LogP contribution in [0.2, 0.25) is 0 Å². The molecule has 84 valence electrons. The van der Waals surface area contributed by atoms with Crippen molar-refractivity contribution >= 4 is 12.0 Å². The SMILES string of the molecule is O=C(O)[N+]1(Cc2ccccc2)CCCC1=O. The summed E-state index contributed by atoms with van der Waals surface area (Å²) in [6.45, 7) is 0.665. The van der Waals surface area contributed by atoms with Gasteiger partial charge in [-0.05, 0) is 0 Å². The van der Waals surface area contributed by atoms with Crippen LogP contribution in [0.25, 0.3) is 0 Å². The topological polar surface area (TPSA) is 54.4 Å². The molecule has 1 fully saturated rings. The number of hydrogen-bond donors (Lipinski definition) is 1. The molecule has 2 rings (SSSR count). The molecule has 0 saturated carbocycles. The van der Waals surface area contributed by atoms with Gasteiger partial charge in [0.05, 0.1) is 13.0 Å². The Kier molecular flexibility index (Phi) is 2.75. The summed E-state index contributed by atoms with van der Waals surface area (Å²) < 4.78 is -0.440. The lowest BCUT2D eigenvalue weighted by atomic mass is 10.2. The fraction of sp³-hybridized carbons (Fsp3) is 0.333. The second-order valence-corrected chi connectivity index (χ2v) is 4.12. The summed E-state index contributed by atoms with van der Waals surface area (Å²) in [6, 6.07) is 9.30. The molecule has 0 bridgehead atoms. The summed E-state index contributed by atoms with van der Waals surface area (Å²) in [7, 11) is 0. The van der Waals surface area contributed by atoms with Crippen LogP contribution in [0.15, 0.2) is 30.3 Å². The number of hydrogen-bond acceptors (Lipinski definition) is 2. The zero-order valence-corrected chi connectivity index (χ0v) is 8.93. The molecule has 0 aliphatic carbocycles. The van der Waals surface area contributed by atoms with Crippen LogP contribution in [0.4, 0.5) is 4.79 Å². The van der Waals surface area contributed by atoms with Gasteiger partial charge in [0.1, 0.15) is 6.54 Å². The number of quaternary nitrogens is 1. The van der Waals surface area contributed by atoms with Crippen molar-refractivity contribution in [1.82, 2.24) is 0 Å². The third-order valence-electron chi connectivity index (χ3n) is 3.07. The molecular formula is C12H14NO3+. The number of carboxylic acid groups (broad SMARTS) is 1. The molecule has 16 heavy (non-hydrogen) atoms. The largest absolute Gasteiger partial charge is 0.521 e. The second-order valence-electron chi connectivity index (χ2n) is 4.12. The number of nitrogens with zero attached hydrogens (tertiary/aromatic N) is 1. The Morgan fingerprint density at radius 3 is 2.50 bits per heavy atom. The Morgan fingerprint density at radius 1 is 1.31 bits per heavy atom. The minimum Gasteiger partial charge on any atom is -0.435 e. The molecule has 1 aliphatic rings. The number of carbonyl (C=O) groups is 2. The van der Waals surface area contributed by atoms with E-state index in [9.17, 15) is 14.7 Å². The maximum atomic E-state index is 11.7. The van der Waals surface area contributed by atoms with Gasteiger partial charge in [-0.3, -0.25) is 0 Å². The molecule has 1 aromatic carbocycles. The lowest BCUT2D eigenvalue weighted by molar-refractivity contribution is -0.786. The van der Waals surface area contributed by atoms with Gasteiger partial charge in [-0.1, -0.05) is 30.3 Å². The van der Waals surface area contributed by atoms with E-state index in [0.717, 1.165) is 5.56 Å². The van der Waals surface area contributed by atoms with Gasteiger partial charge in [0.25, 0.3) is 0 Å². The average molecular weight is 220 g/mol. The molecule has 1 atom stereocenters. The Morgan fingerprint density at radius 2 is 2.00 bits per heavy atom. The van der Waals surface area contributed by atoms with Gasteiger partial charge in [-0.25, -0.2) is 4.79 Å². The normalized spacial score (nSPS) is 24.6. The smallest absolute Gasteiger partial charge is 0.435 e. The van der Waals surface area contributed by atoms with Crippen LogP contribution in [0.5, 0.6) is 0 Å². The first-order valence-corrected chi connectivity index (χ1v) is 5.33. The Hall–Kier alpha value is -1.68. The van der Waals surface area contributed by atoms with Gasteiger partial charge < -0.3 is 5.11 Å². The van der Waals surface area contributed by atoms with Crippen LogP contribution in [0.3, 0.4) is 0 Å². The lowest BCUT2D eigenvalue weighted by Crippen LogP contribution is -2.52. The molecule has 0 aromatic heterocycles. The van der Waals surface area contributed by atoms with Crippen molar-refractivity contribution in [2.24, 2.45) is 0 Å². The van der Waals surface area contributed by atoms with E-state index in [-0.39, 0.29) is 12.5 Å². The van der Waals surface area contributed by atoms with Crippen LogP contribution in [0.1, 0.15) is 18.4 Å². The van der Waals surface area contributed by atoms with Crippen molar-refractivity contribution in [1.29, 1.82) is 0 Å². The van der Waals surface area contributed by atoms with Crippen molar-refractivity contribution in [3.05, 3.63) is 35.9 Å².